The molecule has 4 aromatic carbocycles. The van der Waals surface area contributed by atoms with Crippen molar-refractivity contribution in [2.24, 2.45) is 0 Å². The van der Waals surface area contributed by atoms with Gasteiger partial charge in [0.1, 0.15) is 0 Å². The summed E-state index contributed by atoms with van der Waals surface area (Å²) in [6, 6.07) is 23.4. The third-order valence-corrected chi connectivity index (χ3v) is 5.25. The number of nitrogens with one attached hydrogen (secondary N) is 1. The molecular formula is C23H23NO2. The Balaban J connectivity index is 1.97. The smallest absolute Gasteiger partial charge is 0.169 e. The van der Waals surface area contributed by atoms with Gasteiger partial charge in [-0.3, -0.25) is 0 Å². The first kappa shape index (κ1) is 17.0. The van der Waals surface area contributed by atoms with Crippen molar-refractivity contribution >= 4 is 32.3 Å². The highest BCUT2D eigenvalue weighted by Crippen LogP contribution is 2.33. The number of aliphatic hydroxyl groups is 2. The van der Waals surface area contributed by atoms with Crippen molar-refractivity contribution in [2.45, 2.75) is 32.2 Å². The van der Waals surface area contributed by atoms with E-state index in [1.807, 2.05) is 6.07 Å². The van der Waals surface area contributed by atoms with Crippen LogP contribution in [-0.2, 0) is 6.54 Å². The van der Waals surface area contributed by atoms with Gasteiger partial charge >= 0.3 is 0 Å². The van der Waals surface area contributed by atoms with Crippen LogP contribution in [0.3, 0.4) is 0 Å². The second kappa shape index (κ2) is 6.36. The zero-order chi connectivity index (χ0) is 18.3. The first-order valence-corrected chi connectivity index (χ1v) is 8.90. The summed E-state index contributed by atoms with van der Waals surface area (Å²) in [7, 11) is 0. The quantitative estimate of drug-likeness (QED) is 0.293. The second-order valence-electron chi connectivity index (χ2n) is 7.41. The molecule has 0 radical (unpaired) electrons. The van der Waals surface area contributed by atoms with Gasteiger partial charge in [-0.25, -0.2) is 0 Å². The fourth-order valence-corrected chi connectivity index (χ4v) is 3.51. The van der Waals surface area contributed by atoms with E-state index < -0.39 is 11.8 Å². The summed E-state index contributed by atoms with van der Waals surface area (Å²) >= 11 is 0. The normalized spacial score (nSPS) is 12.5. The first-order chi connectivity index (χ1) is 12.5. The number of hydrogen-bond acceptors (Lipinski definition) is 3. The Hall–Kier alpha value is -2.46. The Morgan fingerprint density at radius 1 is 0.769 bits per heavy atom. The molecule has 132 valence electrons. The van der Waals surface area contributed by atoms with E-state index in [4.69, 9.17) is 0 Å². The van der Waals surface area contributed by atoms with Crippen LogP contribution in [0.5, 0.6) is 0 Å². The molecule has 0 fully saturated rings. The van der Waals surface area contributed by atoms with E-state index >= 15 is 0 Å². The molecule has 4 rings (SSSR count). The summed E-state index contributed by atoms with van der Waals surface area (Å²) in [5.74, 6) is 0. The molecule has 3 nitrogen and oxygen atoms in total. The Labute approximate surface area is 152 Å². The van der Waals surface area contributed by atoms with Crippen molar-refractivity contribution in [2.75, 3.05) is 0 Å². The molecule has 0 saturated carbocycles. The first-order valence-electron chi connectivity index (χ1n) is 8.90. The minimum Gasteiger partial charge on any atom is -0.367 e. The van der Waals surface area contributed by atoms with Crippen LogP contribution in [0, 0.1) is 0 Å². The zero-order valence-electron chi connectivity index (χ0n) is 15.0. The fraction of sp³-hybridized carbons (Fsp3) is 0.217. The van der Waals surface area contributed by atoms with E-state index in [9.17, 15) is 10.2 Å². The molecule has 4 aromatic rings. The molecule has 3 heteroatoms. The summed E-state index contributed by atoms with van der Waals surface area (Å²) < 4.78 is 0. The SMILES string of the molecule is CC(C)(NCc1c2ccccc2cc2c1ccc1ccccc12)C(O)O. The lowest BCUT2D eigenvalue weighted by atomic mass is 9.92. The average Bonchev–Trinajstić information content (AvgIpc) is 2.65. The van der Waals surface area contributed by atoms with Crippen molar-refractivity contribution in [1.29, 1.82) is 0 Å². The lowest BCUT2D eigenvalue weighted by molar-refractivity contribution is -0.0973. The maximum atomic E-state index is 9.62. The molecule has 0 bridgehead atoms. The molecule has 0 heterocycles. The molecule has 26 heavy (non-hydrogen) atoms. The molecule has 0 aliphatic carbocycles. The molecule has 0 aromatic heterocycles. The molecule has 0 aliphatic heterocycles. The van der Waals surface area contributed by atoms with Gasteiger partial charge in [-0.1, -0.05) is 60.7 Å². The predicted molar refractivity (Wildman–Crippen MR) is 108 cm³/mol. The Kier molecular flexibility index (Phi) is 4.16. The Morgan fingerprint density at radius 3 is 2.15 bits per heavy atom. The minimum atomic E-state index is -1.43. The van der Waals surface area contributed by atoms with Gasteiger partial charge in [-0.15, -0.1) is 0 Å². The molecule has 0 spiro atoms. The van der Waals surface area contributed by atoms with Crippen LogP contribution in [0.15, 0.2) is 66.7 Å². The average molecular weight is 345 g/mol. The molecule has 0 amide bonds. The molecule has 3 N–H and O–H groups in total. The van der Waals surface area contributed by atoms with E-state index in [1.165, 1.54) is 37.9 Å². The van der Waals surface area contributed by atoms with Crippen molar-refractivity contribution in [3.63, 3.8) is 0 Å². The maximum Gasteiger partial charge on any atom is 0.169 e. The highest BCUT2D eigenvalue weighted by Gasteiger charge is 2.25. The number of benzene rings is 4. The monoisotopic (exact) mass is 345 g/mol. The lowest BCUT2D eigenvalue weighted by Crippen LogP contribution is -2.49. The highest BCUT2D eigenvalue weighted by atomic mass is 16.5. The van der Waals surface area contributed by atoms with Crippen LogP contribution in [0.4, 0.5) is 0 Å². The minimum absolute atomic E-state index is 0.556. The number of aliphatic hydroxyl groups excluding tert-OH is 1. The van der Waals surface area contributed by atoms with Gasteiger partial charge in [-0.05, 0) is 57.8 Å². The highest BCUT2D eigenvalue weighted by molar-refractivity contribution is 6.14. The Morgan fingerprint density at radius 2 is 1.42 bits per heavy atom. The summed E-state index contributed by atoms with van der Waals surface area (Å²) in [4.78, 5) is 0. The Bertz CT molecular complexity index is 1100. The lowest BCUT2D eigenvalue weighted by Gasteiger charge is -2.29. The van der Waals surface area contributed by atoms with Crippen molar-refractivity contribution in [1.82, 2.24) is 5.32 Å². The van der Waals surface area contributed by atoms with Gasteiger partial charge in [0.15, 0.2) is 6.29 Å². The van der Waals surface area contributed by atoms with Crippen molar-refractivity contribution in [3.05, 3.63) is 72.3 Å². The van der Waals surface area contributed by atoms with Gasteiger partial charge in [0.05, 0.1) is 5.54 Å². The van der Waals surface area contributed by atoms with E-state index in [1.54, 1.807) is 13.8 Å². The van der Waals surface area contributed by atoms with Gasteiger partial charge in [-0.2, -0.15) is 0 Å². The van der Waals surface area contributed by atoms with Crippen molar-refractivity contribution in [3.8, 4) is 0 Å². The van der Waals surface area contributed by atoms with Crippen LogP contribution in [0.2, 0.25) is 0 Å². The molecule has 0 saturated heterocycles. The number of fused-ring (bicyclic) bond motifs is 4. The fourth-order valence-electron chi connectivity index (χ4n) is 3.51. The molecular weight excluding hydrogens is 322 g/mol. The largest absolute Gasteiger partial charge is 0.367 e. The van der Waals surface area contributed by atoms with Crippen LogP contribution < -0.4 is 5.32 Å². The summed E-state index contributed by atoms with van der Waals surface area (Å²) in [5, 5.41) is 29.8. The molecule has 0 atom stereocenters. The van der Waals surface area contributed by atoms with E-state index in [2.05, 4.69) is 66.0 Å². The van der Waals surface area contributed by atoms with Gasteiger partial charge in [0.2, 0.25) is 0 Å². The van der Waals surface area contributed by atoms with E-state index in [0.29, 0.717) is 6.54 Å². The van der Waals surface area contributed by atoms with Crippen molar-refractivity contribution < 1.29 is 10.2 Å². The molecule has 0 unspecified atom stereocenters. The second-order valence-corrected chi connectivity index (χ2v) is 7.41. The third-order valence-electron chi connectivity index (χ3n) is 5.25. The van der Waals surface area contributed by atoms with E-state index in [0.717, 1.165) is 0 Å². The van der Waals surface area contributed by atoms with Crippen LogP contribution in [-0.4, -0.2) is 22.0 Å². The van der Waals surface area contributed by atoms with Crippen LogP contribution >= 0.6 is 0 Å². The third kappa shape index (κ3) is 2.84. The van der Waals surface area contributed by atoms with Gasteiger partial charge in [0, 0.05) is 6.54 Å². The van der Waals surface area contributed by atoms with Crippen LogP contribution in [0.1, 0.15) is 19.4 Å². The number of rotatable bonds is 4. The summed E-state index contributed by atoms with van der Waals surface area (Å²) in [5.41, 5.74) is 0.387. The standard InChI is InChI=1S/C23H23NO2/c1-23(2,22(25)26)24-14-21-18-10-6-4-8-16(18)13-20-17-9-5-3-7-15(17)11-12-19(20)21/h3-13,22,24-26H,14H2,1-2H3. The van der Waals surface area contributed by atoms with Gasteiger partial charge < -0.3 is 15.5 Å². The van der Waals surface area contributed by atoms with Gasteiger partial charge in [0.25, 0.3) is 0 Å². The number of hydrogen-bond donors (Lipinski definition) is 3. The topological polar surface area (TPSA) is 52.5 Å². The summed E-state index contributed by atoms with van der Waals surface area (Å²) in [6.07, 6.45) is -1.43. The summed E-state index contributed by atoms with van der Waals surface area (Å²) in [6.45, 7) is 4.14. The van der Waals surface area contributed by atoms with Crippen LogP contribution in [0.25, 0.3) is 32.3 Å². The maximum absolute atomic E-state index is 9.62. The molecule has 0 aliphatic rings. The zero-order valence-corrected chi connectivity index (χ0v) is 15.0. The van der Waals surface area contributed by atoms with E-state index in [-0.39, 0.29) is 0 Å². The predicted octanol–water partition coefficient (Wildman–Crippen LogP) is 4.33.